The van der Waals surface area contributed by atoms with Gasteiger partial charge >= 0.3 is 11.9 Å². The largest absolute Gasteiger partial charge is 0.455 e. The van der Waals surface area contributed by atoms with Crippen LogP contribution >= 0.6 is 0 Å². The summed E-state index contributed by atoms with van der Waals surface area (Å²) in [7, 11) is 1.43. The SMILES string of the molecule is COC[C@H]1O[C@H](O)[C@H](NC(C)=O)[C@@H](OC(=O)C(C)(C)C)[C@H]1OC(=O)C(C)(C)C. The van der Waals surface area contributed by atoms with Crippen molar-refractivity contribution in [1.82, 2.24) is 5.32 Å². The predicted octanol–water partition coefficient (Wildman–Crippen LogP) is 0.771. The first-order valence-corrected chi connectivity index (χ1v) is 9.20. The van der Waals surface area contributed by atoms with Crippen LogP contribution in [-0.2, 0) is 33.3 Å². The summed E-state index contributed by atoms with van der Waals surface area (Å²) in [5.74, 6) is -1.58. The van der Waals surface area contributed by atoms with Gasteiger partial charge in [0.15, 0.2) is 18.5 Å². The fraction of sp³-hybridized carbons (Fsp3) is 0.842. The van der Waals surface area contributed by atoms with Crippen LogP contribution in [0.1, 0.15) is 48.5 Å². The molecule has 1 aliphatic rings. The van der Waals surface area contributed by atoms with Gasteiger partial charge in [0.1, 0.15) is 12.1 Å². The highest BCUT2D eigenvalue weighted by Crippen LogP contribution is 2.30. The maximum absolute atomic E-state index is 12.5. The number of hydrogen-bond acceptors (Lipinski definition) is 8. The van der Waals surface area contributed by atoms with Crippen LogP contribution in [-0.4, -0.2) is 67.3 Å². The molecule has 9 nitrogen and oxygen atoms in total. The number of hydrogen-bond donors (Lipinski definition) is 2. The lowest BCUT2D eigenvalue weighted by Gasteiger charge is -2.44. The maximum Gasteiger partial charge on any atom is 0.311 e. The van der Waals surface area contributed by atoms with Gasteiger partial charge in [-0.25, -0.2) is 0 Å². The summed E-state index contributed by atoms with van der Waals surface area (Å²) in [6, 6.07) is -1.12. The van der Waals surface area contributed by atoms with E-state index < -0.39 is 59.3 Å². The Morgan fingerprint density at radius 1 is 0.964 bits per heavy atom. The van der Waals surface area contributed by atoms with E-state index in [4.69, 9.17) is 18.9 Å². The molecule has 0 aromatic rings. The Morgan fingerprint density at radius 2 is 1.43 bits per heavy atom. The lowest BCUT2D eigenvalue weighted by molar-refractivity contribution is -0.268. The summed E-state index contributed by atoms with van der Waals surface area (Å²) < 4.78 is 21.9. The molecule has 2 N–H and O–H groups in total. The van der Waals surface area contributed by atoms with Crippen LogP contribution in [0.4, 0.5) is 0 Å². The van der Waals surface area contributed by atoms with Crippen molar-refractivity contribution in [2.75, 3.05) is 13.7 Å². The molecule has 0 bridgehead atoms. The van der Waals surface area contributed by atoms with Gasteiger partial charge in [-0.15, -0.1) is 0 Å². The highest BCUT2D eigenvalue weighted by Gasteiger charge is 2.51. The molecule has 1 saturated heterocycles. The van der Waals surface area contributed by atoms with E-state index in [9.17, 15) is 19.5 Å². The van der Waals surface area contributed by atoms with Gasteiger partial charge in [0.05, 0.1) is 17.4 Å². The minimum absolute atomic E-state index is 0.0183. The van der Waals surface area contributed by atoms with E-state index >= 15 is 0 Å². The molecular formula is C19H33NO8. The molecule has 162 valence electrons. The monoisotopic (exact) mass is 403 g/mol. The van der Waals surface area contributed by atoms with E-state index in [1.165, 1.54) is 14.0 Å². The fourth-order valence-electron chi connectivity index (χ4n) is 2.49. The summed E-state index contributed by atoms with van der Waals surface area (Å²) in [5, 5.41) is 12.9. The van der Waals surface area contributed by atoms with Crippen LogP contribution in [0.3, 0.4) is 0 Å². The lowest BCUT2D eigenvalue weighted by Crippen LogP contribution is -2.66. The molecule has 0 aromatic heterocycles. The smallest absolute Gasteiger partial charge is 0.311 e. The van der Waals surface area contributed by atoms with Crippen LogP contribution in [0, 0.1) is 10.8 Å². The summed E-state index contributed by atoms with van der Waals surface area (Å²) in [6.07, 6.45) is -4.62. The van der Waals surface area contributed by atoms with Crippen molar-refractivity contribution in [3.05, 3.63) is 0 Å². The van der Waals surface area contributed by atoms with Crippen molar-refractivity contribution >= 4 is 17.8 Å². The third-order valence-corrected chi connectivity index (χ3v) is 4.08. The number of carbonyl (C=O) groups excluding carboxylic acids is 3. The molecular weight excluding hydrogens is 370 g/mol. The zero-order chi connectivity index (χ0) is 21.9. The highest BCUT2D eigenvalue weighted by atomic mass is 16.7. The van der Waals surface area contributed by atoms with E-state index in [0.717, 1.165) is 0 Å². The summed E-state index contributed by atoms with van der Waals surface area (Å²) in [4.78, 5) is 36.7. The van der Waals surface area contributed by atoms with Gasteiger partial charge in [-0.05, 0) is 41.5 Å². The van der Waals surface area contributed by atoms with Gasteiger partial charge in [0, 0.05) is 14.0 Å². The minimum atomic E-state index is -1.48. The Labute approximate surface area is 166 Å². The number of esters is 2. The Kier molecular flexibility index (Phi) is 7.99. The number of methoxy groups -OCH3 is 1. The molecule has 1 fully saturated rings. The first-order chi connectivity index (χ1) is 12.7. The summed E-state index contributed by atoms with van der Waals surface area (Å²) >= 11 is 0. The van der Waals surface area contributed by atoms with Gasteiger partial charge < -0.3 is 29.4 Å². The Bertz CT molecular complexity index is 577. The van der Waals surface area contributed by atoms with Gasteiger partial charge in [0.25, 0.3) is 0 Å². The molecule has 1 heterocycles. The number of rotatable bonds is 5. The van der Waals surface area contributed by atoms with Crippen molar-refractivity contribution in [3.8, 4) is 0 Å². The zero-order valence-electron chi connectivity index (χ0n) is 17.9. The number of ether oxygens (including phenoxy) is 4. The first-order valence-electron chi connectivity index (χ1n) is 9.20. The Balaban J connectivity index is 3.31. The normalized spacial score (nSPS) is 28.4. The molecule has 5 atom stereocenters. The molecule has 1 aliphatic heterocycles. The van der Waals surface area contributed by atoms with Crippen molar-refractivity contribution < 1.29 is 38.4 Å². The van der Waals surface area contributed by atoms with Crippen LogP contribution in [0.25, 0.3) is 0 Å². The van der Waals surface area contributed by atoms with Crippen LogP contribution in [0.15, 0.2) is 0 Å². The second kappa shape index (κ2) is 9.19. The Morgan fingerprint density at radius 3 is 1.82 bits per heavy atom. The third kappa shape index (κ3) is 6.42. The molecule has 0 spiro atoms. The molecule has 28 heavy (non-hydrogen) atoms. The molecule has 0 aromatic carbocycles. The fourth-order valence-corrected chi connectivity index (χ4v) is 2.49. The van der Waals surface area contributed by atoms with E-state index in [2.05, 4.69) is 5.32 Å². The summed E-state index contributed by atoms with van der Waals surface area (Å²) in [5.41, 5.74) is -1.67. The molecule has 1 rings (SSSR count). The van der Waals surface area contributed by atoms with Crippen LogP contribution < -0.4 is 5.32 Å². The average Bonchev–Trinajstić information content (AvgIpc) is 2.52. The van der Waals surface area contributed by atoms with Crippen molar-refractivity contribution in [2.24, 2.45) is 10.8 Å². The zero-order valence-corrected chi connectivity index (χ0v) is 17.9. The number of aliphatic hydroxyl groups excluding tert-OH is 1. The predicted molar refractivity (Wildman–Crippen MR) is 99.0 cm³/mol. The summed E-state index contributed by atoms with van der Waals surface area (Å²) in [6.45, 7) is 11.3. The van der Waals surface area contributed by atoms with Crippen LogP contribution in [0.5, 0.6) is 0 Å². The van der Waals surface area contributed by atoms with Crippen molar-refractivity contribution in [1.29, 1.82) is 0 Å². The molecule has 0 aliphatic carbocycles. The van der Waals surface area contributed by atoms with Crippen molar-refractivity contribution in [2.45, 2.75) is 79.1 Å². The van der Waals surface area contributed by atoms with Gasteiger partial charge in [0.2, 0.25) is 5.91 Å². The lowest BCUT2D eigenvalue weighted by atomic mass is 9.93. The average molecular weight is 403 g/mol. The quantitative estimate of drug-likeness (QED) is 0.646. The standard InChI is InChI=1S/C19H33NO8/c1-10(21)20-12-14(28-17(24)19(5,6)7)13(27-16(23)18(2,3)4)11(9-25-8)26-15(12)22/h11-15,22H,9H2,1-8H3,(H,20,21)/t11-,12-,13+,14-,15+/m1/s1. The molecule has 1 amide bonds. The van der Waals surface area contributed by atoms with E-state index in [1.807, 2.05) is 0 Å². The van der Waals surface area contributed by atoms with Gasteiger partial charge in [-0.3, -0.25) is 14.4 Å². The first kappa shape index (κ1) is 24.3. The topological polar surface area (TPSA) is 120 Å². The number of carbonyl (C=O) groups is 3. The third-order valence-electron chi connectivity index (χ3n) is 4.08. The second-order valence-electron chi connectivity index (χ2n) is 8.99. The number of nitrogens with one attached hydrogen (secondary N) is 1. The van der Waals surface area contributed by atoms with Crippen molar-refractivity contribution in [3.63, 3.8) is 0 Å². The van der Waals surface area contributed by atoms with Gasteiger partial charge in [-0.2, -0.15) is 0 Å². The number of aliphatic hydroxyl groups is 1. The van der Waals surface area contributed by atoms with E-state index in [0.29, 0.717) is 0 Å². The molecule has 0 saturated carbocycles. The second-order valence-corrected chi connectivity index (χ2v) is 8.99. The highest BCUT2D eigenvalue weighted by molar-refractivity contribution is 5.77. The Hall–Kier alpha value is -1.71. The minimum Gasteiger partial charge on any atom is -0.455 e. The van der Waals surface area contributed by atoms with Gasteiger partial charge in [-0.1, -0.05) is 0 Å². The molecule has 0 unspecified atom stereocenters. The maximum atomic E-state index is 12.5. The number of amides is 1. The molecule has 9 heteroatoms. The molecule has 0 radical (unpaired) electrons. The van der Waals surface area contributed by atoms with Crippen LogP contribution in [0.2, 0.25) is 0 Å². The van der Waals surface area contributed by atoms with E-state index in [-0.39, 0.29) is 6.61 Å². The van der Waals surface area contributed by atoms with E-state index in [1.54, 1.807) is 41.5 Å².